The molecule has 1 atom stereocenters. The average molecular weight is 382 g/mol. The Hall–Kier alpha value is -3.29. The lowest BCUT2D eigenvalue weighted by atomic mass is 10.2. The molecule has 1 unspecified atom stereocenters. The number of carbonyl (C=O) groups is 2. The molecule has 0 bridgehead atoms. The van der Waals surface area contributed by atoms with Crippen molar-refractivity contribution in [3.63, 3.8) is 0 Å². The molecule has 1 N–H and O–H groups in total. The minimum atomic E-state index is -0.617. The molecule has 0 radical (unpaired) electrons. The lowest BCUT2D eigenvalue weighted by Gasteiger charge is -2.35. The van der Waals surface area contributed by atoms with Crippen molar-refractivity contribution >= 4 is 17.6 Å². The Morgan fingerprint density at radius 2 is 1.79 bits per heavy atom. The Kier molecular flexibility index (Phi) is 5.27. The van der Waals surface area contributed by atoms with Crippen molar-refractivity contribution in [1.82, 2.24) is 15.2 Å². The van der Waals surface area contributed by atoms with E-state index in [0.29, 0.717) is 44.3 Å². The fourth-order valence-corrected chi connectivity index (χ4v) is 3.27. The summed E-state index contributed by atoms with van der Waals surface area (Å²) in [6.07, 6.45) is 1.42. The molecular weight excluding hydrogens is 360 g/mol. The smallest absolute Gasteiger partial charge is 0.312 e. The summed E-state index contributed by atoms with van der Waals surface area (Å²) in [5.74, 6) is 1.08. The largest absolute Gasteiger partial charge is 0.486 e. The van der Waals surface area contributed by atoms with Gasteiger partial charge >= 0.3 is 11.8 Å². The quantitative estimate of drug-likeness (QED) is 0.787. The summed E-state index contributed by atoms with van der Waals surface area (Å²) in [4.78, 5) is 32.7. The highest BCUT2D eigenvalue weighted by atomic mass is 16.6. The summed E-state index contributed by atoms with van der Waals surface area (Å²) < 4.78 is 11.4. The minimum Gasteiger partial charge on any atom is -0.486 e. The van der Waals surface area contributed by atoms with Gasteiger partial charge < -0.3 is 24.6 Å². The molecule has 2 aromatic rings. The van der Waals surface area contributed by atoms with Crippen LogP contribution in [-0.4, -0.2) is 67.1 Å². The first-order valence-electron chi connectivity index (χ1n) is 9.32. The third-order valence-corrected chi connectivity index (χ3v) is 4.79. The number of carbonyl (C=O) groups excluding carboxylic acids is 2. The van der Waals surface area contributed by atoms with Crippen LogP contribution in [0.2, 0.25) is 0 Å². The van der Waals surface area contributed by atoms with Crippen molar-refractivity contribution in [2.45, 2.75) is 6.10 Å². The fraction of sp³-hybridized carbons (Fsp3) is 0.350. The van der Waals surface area contributed by atoms with E-state index in [1.807, 2.05) is 42.5 Å². The van der Waals surface area contributed by atoms with Gasteiger partial charge in [0.2, 0.25) is 0 Å². The number of amides is 2. The number of rotatable bonds is 3. The zero-order valence-corrected chi connectivity index (χ0v) is 15.4. The number of anilines is 1. The highest BCUT2D eigenvalue weighted by molar-refractivity contribution is 6.35. The molecule has 0 saturated carbocycles. The summed E-state index contributed by atoms with van der Waals surface area (Å²) in [6, 6.07) is 13.1. The van der Waals surface area contributed by atoms with Crippen molar-refractivity contribution in [1.29, 1.82) is 0 Å². The molecule has 0 aliphatic carbocycles. The first-order valence-corrected chi connectivity index (χ1v) is 9.32. The lowest BCUT2D eigenvalue weighted by molar-refractivity contribution is -0.146. The van der Waals surface area contributed by atoms with E-state index in [1.165, 1.54) is 0 Å². The van der Waals surface area contributed by atoms with Gasteiger partial charge in [-0.1, -0.05) is 18.2 Å². The number of ether oxygens (including phenoxy) is 2. The Bertz CT molecular complexity index is 837. The Labute approximate surface area is 163 Å². The molecule has 2 aliphatic rings. The van der Waals surface area contributed by atoms with Crippen LogP contribution in [0.5, 0.6) is 11.5 Å². The maximum atomic E-state index is 12.4. The lowest BCUT2D eigenvalue weighted by Crippen LogP contribution is -2.53. The number of aromatic nitrogens is 1. The number of benzene rings is 1. The normalized spacial score (nSPS) is 18.5. The van der Waals surface area contributed by atoms with Crippen LogP contribution in [0.4, 0.5) is 5.82 Å². The Morgan fingerprint density at radius 3 is 2.54 bits per heavy atom. The summed E-state index contributed by atoms with van der Waals surface area (Å²) in [5, 5.41) is 2.66. The van der Waals surface area contributed by atoms with Crippen LogP contribution in [0.1, 0.15) is 0 Å². The van der Waals surface area contributed by atoms with Gasteiger partial charge in [-0.3, -0.25) is 9.59 Å². The average Bonchev–Trinajstić information content (AvgIpc) is 2.77. The van der Waals surface area contributed by atoms with Crippen LogP contribution < -0.4 is 19.7 Å². The molecule has 4 rings (SSSR count). The van der Waals surface area contributed by atoms with Crippen LogP contribution in [0, 0.1) is 0 Å². The van der Waals surface area contributed by atoms with Crippen molar-refractivity contribution in [2.24, 2.45) is 0 Å². The molecule has 28 heavy (non-hydrogen) atoms. The number of nitrogens with one attached hydrogen (secondary N) is 1. The molecule has 146 valence electrons. The predicted octanol–water partition coefficient (Wildman–Crippen LogP) is 0.686. The molecular formula is C20H22N4O4. The van der Waals surface area contributed by atoms with E-state index in [4.69, 9.17) is 9.47 Å². The minimum absolute atomic E-state index is 0.215. The van der Waals surface area contributed by atoms with Crippen molar-refractivity contribution in [2.75, 3.05) is 44.2 Å². The van der Waals surface area contributed by atoms with E-state index in [9.17, 15) is 9.59 Å². The van der Waals surface area contributed by atoms with Gasteiger partial charge in [0, 0.05) is 32.4 Å². The summed E-state index contributed by atoms with van der Waals surface area (Å²) in [5.41, 5.74) is 0. The van der Waals surface area contributed by atoms with E-state index < -0.39 is 11.8 Å². The van der Waals surface area contributed by atoms with Gasteiger partial charge in [-0.2, -0.15) is 0 Å². The Balaban J connectivity index is 1.24. The molecule has 1 saturated heterocycles. The van der Waals surface area contributed by atoms with Gasteiger partial charge in [-0.05, 0) is 24.3 Å². The molecule has 1 fully saturated rings. The van der Waals surface area contributed by atoms with E-state index in [0.717, 1.165) is 5.82 Å². The molecule has 2 aliphatic heterocycles. The molecule has 2 amide bonds. The molecule has 1 aromatic heterocycles. The molecule has 1 aromatic carbocycles. The second-order valence-electron chi connectivity index (χ2n) is 6.67. The number of hydrogen-bond donors (Lipinski definition) is 1. The van der Waals surface area contributed by atoms with Crippen molar-refractivity contribution < 1.29 is 19.1 Å². The first-order chi connectivity index (χ1) is 13.7. The highest BCUT2D eigenvalue weighted by Crippen LogP contribution is 2.30. The van der Waals surface area contributed by atoms with Gasteiger partial charge in [0.15, 0.2) is 11.5 Å². The van der Waals surface area contributed by atoms with Gasteiger partial charge in [-0.25, -0.2) is 4.98 Å². The number of pyridine rings is 1. The first kappa shape index (κ1) is 18.1. The van der Waals surface area contributed by atoms with Crippen LogP contribution in [0.3, 0.4) is 0 Å². The topological polar surface area (TPSA) is 84.0 Å². The van der Waals surface area contributed by atoms with E-state index in [-0.39, 0.29) is 12.6 Å². The fourth-order valence-electron chi connectivity index (χ4n) is 3.27. The second-order valence-corrected chi connectivity index (χ2v) is 6.67. The van der Waals surface area contributed by atoms with Crippen molar-refractivity contribution in [3.05, 3.63) is 48.7 Å². The SMILES string of the molecule is O=C(NCC1COc2ccccc2O1)C(=O)N1CCN(c2ccccn2)CC1. The number of piperazine rings is 1. The van der Waals surface area contributed by atoms with E-state index in [1.54, 1.807) is 11.1 Å². The summed E-state index contributed by atoms with van der Waals surface area (Å²) in [7, 11) is 0. The highest BCUT2D eigenvalue weighted by Gasteiger charge is 2.28. The van der Waals surface area contributed by atoms with Gasteiger partial charge in [-0.15, -0.1) is 0 Å². The molecule has 8 nitrogen and oxygen atoms in total. The zero-order valence-electron chi connectivity index (χ0n) is 15.4. The zero-order chi connectivity index (χ0) is 19.3. The number of para-hydroxylation sites is 2. The van der Waals surface area contributed by atoms with Crippen LogP contribution in [-0.2, 0) is 9.59 Å². The van der Waals surface area contributed by atoms with Gasteiger partial charge in [0.05, 0.1) is 6.54 Å². The second kappa shape index (κ2) is 8.16. The number of fused-ring (bicyclic) bond motifs is 1. The van der Waals surface area contributed by atoms with Gasteiger partial charge in [0.25, 0.3) is 0 Å². The third-order valence-electron chi connectivity index (χ3n) is 4.79. The molecule has 0 spiro atoms. The van der Waals surface area contributed by atoms with Crippen LogP contribution in [0.15, 0.2) is 48.7 Å². The maximum Gasteiger partial charge on any atom is 0.312 e. The van der Waals surface area contributed by atoms with Crippen LogP contribution >= 0.6 is 0 Å². The Morgan fingerprint density at radius 1 is 1.04 bits per heavy atom. The molecule has 3 heterocycles. The number of hydrogen-bond acceptors (Lipinski definition) is 6. The maximum absolute atomic E-state index is 12.4. The standard InChI is InChI=1S/C20H22N4O4/c25-19(22-13-15-14-27-16-5-1-2-6-17(16)28-15)20(26)24-11-9-23(10-12-24)18-7-3-4-8-21-18/h1-8,15H,9-14H2,(H,22,25). The monoisotopic (exact) mass is 382 g/mol. The van der Waals surface area contributed by atoms with Gasteiger partial charge in [0.1, 0.15) is 18.5 Å². The molecule has 8 heteroatoms. The number of nitrogens with zero attached hydrogens (tertiary/aromatic N) is 3. The summed E-state index contributed by atoms with van der Waals surface area (Å²) >= 11 is 0. The summed E-state index contributed by atoms with van der Waals surface area (Å²) in [6.45, 7) is 2.80. The van der Waals surface area contributed by atoms with Crippen LogP contribution in [0.25, 0.3) is 0 Å². The van der Waals surface area contributed by atoms with E-state index in [2.05, 4.69) is 15.2 Å². The third kappa shape index (κ3) is 4.00. The van der Waals surface area contributed by atoms with E-state index >= 15 is 0 Å². The predicted molar refractivity (Wildman–Crippen MR) is 102 cm³/mol. The van der Waals surface area contributed by atoms with Crippen molar-refractivity contribution in [3.8, 4) is 11.5 Å².